The standard InChI is InChI=1S/C19H20IN3O3S/c1-19(2,3)26-18(24)23-13-6-5-10(7-14(13)25-4)11-9-27-16-12(20)8-22-17(21)15(11)16/h5-9H,1-4H3,(H2,21,22)(H,23,24). The van der Waals surface area contributed by atoms with E-state index in [4.69, 9.17) is 15.2 Å². The first-order chi connectivity index (χ1) is 12.7. The summed E-state index contributed by atoms with van der Waals surface area (Å²) in [6.45, 7) is 5.44. The number of anilines is 2. The van der Waals surface area contributed by atoms with Crippen molar-refractivity contribution in [3.8, 4) is 16.9 Å². The van der Waals surface area contributed by atoms with E-state index in [-0.39, 0.29) is 0 Å². The van der Waals surface area contributed by atoms with Crippen molar-refractivity contribution in [1.29, 1.82) is 0 Å². The van der Waals surface area contributed by atoms with Crippen LogP contribution in [0.3, 0.4) is 0 Å². The Bertz CT molecular complexity index is 1010. The molecule has 142 valence electrons. The zero-order valence-corrected chi connectivity index (χ0v) is 18.4. The molecule has 0 aliphatic rings. The van der Waals surface area contributed by atoms with E-state index in [0.29, 0.717) is 17.3 Å². The van der Waals surface area contributed by atoms with Crippen molar-refractivity contribution >= 4 is 61.6 Å². The first-order valence-corrected chi connectivity index (χ1v) is 10.1. The zero-order chi connectivity index (χ0) is 19.8. The summed E-state index contributed by atoms with van der Waals surface area (Å²) < 4.78 is 12.9. The molecule has 0 aliphatic heterocycles. The summed E-state index contributed by atoms with van der Waals surface area (Å²) in [7, 11) is 1.56. The molecular weight excluding hydrogens is 477 g/mol. The summed E-state index contributed by atoms with van der Waals surface area (Å²) in [6.07, 6.45) is 1.24. The van der Waals surface area contributed by atoms with Crippen LogP contribution in [0.25, 0.3) is 21.2 Å². The molecule has 1 aromatic carbocycles. The topological polar surface area (TPSA) is 86.5 Å². The molecule has 3 rings (SSSR count). The van der Waals surface area contributed by atoms with Gasteiger partial charge in [-0.2, -0.15) is 0 Å². The van der Waals surface area contributed by atoms with Gasteiger partial charge in [-0.25, -0.2) is 9.78 Å². The van der Waals surface area contributed by atoms with Crippen LogP contribution in [0, 0.1) is 3.57 Å². The average molecular weight is 497 g/mol. The van der Waals surface area contributed by atoms with Gasteiger partial charge in [-0.3, -0.25) is 5.32 Å². The van der Waals surface area contributed by atoms with Gasteiger partial charge in [0.2, 0.25) is 0 Å². The number of hydrogen-bond donors (Lipinski definition) is 2. The van der Waals surface area contributed by atoms with Crippen molar-refractivity contribution in [1.82, 2.24) is 4.98 Å². The van der Waals surface area contributed by atoms with E-state index >= 15 is 0 Å². The third kappa shape index (κ3) is 4.27. The minimum Gasteiger partial charge on any atom is -0.495 e. The fourth-order valence-electron chi connectivity index (χ4n) is 2.63. The fraction of sp³-hybridized carbons (Fsp3) is 0.263. The molecule has 6 nitrogen and oxygen atoms in total. The summed E-state index contributed by atoms with van der Waals surface area (Å²) in [5, 5.41) is 5.71. The number of carbonyl (C=O) groups excluding carboxylic acids is 1. The van der Waals surface area contributed by atoms with E-state index in [1.807, 2.05) is 32.9 Å². The Morgan fingerprint density at radius 2 is 2.07 bits per heavy atom. The van der Waals surface area contributed by atoms with E-state index < -0.39 is 11.7 Å². The number of hydrogen-bond acceptors (Lipinski definition) is 6. The number of aromatic nitrogens is 1. The number of methoxy groups -OCH3 is 1. The van der Waals surface area contributed by atoms with Gasteiger partial charge in [-0.15, -0.1) is 11.3 Å². The number of halogens is 1. The number of amides is 1. The zero-order valence-electron chi connectivity index (χ0n) is 15.4. The molecular formula is C19H20IN3O3S. The van der Waals surface area contributed by atoms with Crippen LogP contribution < -0.4 is 15.8 Å². The van der Waals surface area contributed by atoms with E-state index in [1.54, 1.807) is 30.7 Å². The maximum absolute atomic E-state index is 12.1. The van der Waals surface area contributed by atoms with Crippen LogP contribution in [-0.4, -0.2) is 23.8 Å². The lowest BCUT2D eigenvalue weighted by atomic mass is 10.0. The van der Waals surface area contributed by atoms with Crippen LogP contribution in [0.2, 0.25) is 0 Å². The number of nitrogens with zero attached hydrogens (tertiary/aromatic N) is 1. The molecule has 0 unspecified atom stereocenters. The third-order valence-corrected chi connectivity index (χ3v) is 5.93. The molecule has 0 bridgehead atoms. The highest BCUT2D eigenvalue weighted by Crippen LogP contribution is 2.41. The maximum Gasteiger partial charge on any atom is 0.412 e. The number of carbonyl (C=O) groups is 1. The lowest BCUT2D eigenvalue weighted by molar-refractivity contribution is 0.0635. The summed E-state index contributed by atoms with van der Waals surface area (Å²) in [5.74, 6) is 1.03. The van der Waals surface area contributed by atoms with Gasteiger partial charge >= 0.3 is 6.09 Å². The van der Waals surface area contributed by atoms with Gasteiger partial charge in [-0.1, -0.05) is 6.07 Å². The molecule has 2 aromatic heterocycles. The first-order valence-electron chi connectivity index (χ1n) is 8.19. The number of pyridine rings is 1. The van der Waals surface area contributed by atoms with Gasteiger partial charge < -0.3 is 15.2 Å². The van der Waals surface area contributed by atoms with Gasteiger partial charge in [0.05, 0.1) is 17.5 Å². The van der Waals surface area contributed by atoms with Gasteiger partial charge in [0, 0.05) is 20.7 Å². The SMILES string of the molecule is COc1cc(-c2csc3c(I)cnc(N)c23)ccc1NC(=O)OC(C)(C)C. The molecule has 0 saturated carbocycles. The Morgan fingerprint density at radius 3 is 2.74 bits per heavy atom. The van der Waals surface area contributed by atoms with E-state index in [2.05, 4.69) is 38.3 Å². The van der Waals surface area contributed by atoms with Crippen molar-refractivity contribution < 1.29 is 14.3 Å². The van der Waals surface area contributed by atoms with Crippen molar-refractivity contribution in [2.24, 2.45) is 0 Å². The van der Waals surface area contributed by atoms with Gasteiger partial charge in [0.1, 0.15) is 17.2 Å². The van der Waals surface area contributed by atoms with Crippen LogP contribution in [0.1, 0.15) is 20.8 Å². The Morgan fingerprint density at radius 1 is 1.33 bits per heavy atom. The number of ether oxygens (including phenoxy) is 2. The molecule has 3 N–H and O–H groups in total. The predicted octanol–water partition coefficient (Wildman–Crippen LogP) is 5.51. The quantitative estimate of drug-likeness (QED) is 0.467. The lowest BCUT2D eigenvalue weighted by Gasteiger charge is -2.20. The van der Waals surface area contributed by atoms with Crippen LogP contribution in [0.4, 0.5) is 16.3 Å². The molecule has 8 heteroatoms. The largest absolute Gasteiger partial charge is 0.495 e. The molecule has 0 saturated heterocycles. The number of nitrogen functional groups attached to an aromatic ring is 1. The van der Waals surface area contributed by atoms with E-state index in [1.165, 1.54) is 0 Å². The van der Waals surface area contributed by atoms with Crippen molar-refractivity contribution in [2.75, 3.05) is 18.2 Å². The predicted molar refractivity (Wildman–Crippen MR) is 119 cm³/mol. The van der Waals surface area contributed by atoms with E-state index in [0.717, 1.165) is 24.8 Å². The highest BCUT2D eigenvalue weighted by molar-refractivity contribution is 14.1. The Balaban J connectivity index is 1.98. The van der Waals surface area contributed by atoms with Crippen molar-refractivity contribution in [3.05, 3.63) is 33.3 Å². The number of benzene rings is 1. The Hall–Kier alpha value is -2.07. The second-order valence-electron chi connectivity index (χ2n) is 6.89. The molecule has 27 heavy (non-hydrogen) atoms. The molecule has 0 fully saturated rings. The van der Waals surface area contributed by atoms with Crippen LogP contribution >= 0.6 is 33.9 Å². The molecule has 1 amide bonds. The monoisotopic (exact) mass is 497 g/mol. The second-order valence-corrected chi connectivity index (χ2v) is 8.93. The van der Waals surface area contributed by atoms with Crippen LogP contribution in [0.5, 0.6) is 5.75 Å². The fourth-order valence-corrected chi connectivity index (χ4v) is 4.40. The van der Waals surface area contributed by atoms with Gasteiger partial charge in [0.25, 0.3) is 0 Å². The number of fused-ring (bicyclic) bond motifs is 1. The van der Waals surface area contributed by atoms with Gasteiger partial charge in [-0.05, 0) is 66.4 Å². The van der Waals surface area contributed by atoms with E-state index in [9.17, 15) is 4.79 Å². The highest BCUT2D eigenvalue weighted by Gasteiger charge is 2.19. The van der Waals surface area contributed by atoms with Crippen LogP contribution in [0.15, 0.2) is 29.8 Å². The molecule has 3 aromatic rings. The second kappa shape index (κ2) is 7.51. The van der Waals surface area contributed by atoms with Gasteiger partial charge in [0.15, 0.2) is 0 Å². The molecule has 0 radical (unpaired) electrons. The maximum atomic E-state index is 12.1. The number of thiophene rings is 1. The Kier molecular flexibility index (Phi) is 5.48. The van der Waals surface area contributed by atoms with Crippen molar-refractivity contribution in [2.45, 2.75) is 26.4 Å². The number of rotatable bonds is 3. The number of nitrogens with two attached hydrogens (primary N) is 1. The first kappa shape index (κ1) is 19.7. The molecule has 2 heterocycles. The summed E-state index contributed by atoms with van der Waals surface area (Å²) in [6, 6.07) is 5.57. The minimum absolute atomic E-state index is 0.497. The highest BCUT2D eigenvalue weighted by atomic mass is 127. The minimum atomic E-state index is -0.575. The van der Waals surface area contributed by atoms with Crippen molar-refractivity contribution in [3.63, 3.8) is 0 Å². The molecule has 0 aliphatic carbocycles. The summed E-state index contributed by atoms with van der Waals surface area (Å²) in [5.41, 5.74) is 8.00. The number of nitrogens with one attached hydrogen (secondary N) is 1. The molecule has 0 atom stereocenters. The molecule has 0 spiro atoms. The Labute approximate surface area is 175 Å². The van der Waals surface area contributed by atoms with Crippen LogP contribution in [-0.2, 0) is 4.74 Å². The summed E-state index contributed by atoms with van der Waals surface area (Å²) >= 11 is 3.88. The third-order valence-electron chi connectivity index (χ3n) is 3.73. The lowest BCUT2D eigenvalue weighted by Crippen LogP contribution is -2.27. The normalized spacial score (nSPS) is 11.4. The smallest absolute Gasteiger partial charge is 0.412 e. The average Bonchev–Trinajstić information content (AvgIpc) is 3.03. The summed E-state index contributed by atoms with van der Waals surface area (Å²) in [4.78, 5) is 16.3.